The van der Waals surface area contributed by atoms with Gasteiger partial charge in [0.05, 0.1) is 22.9 Å². The molecule has 0 aliphatic carbocycles. The van der Waals surface area contributed by atoms with Gasteiger partial charge in [-0.2, -0.15) is 0 Å². The molecule has 1 aromatic heterocycles. The summed E-state index contributed by atoms with van der Waals surface area (Å²) in [6, 6.07) is 2.04. The Labute approximate surface area is 98.6 Å². The van der Waals surface area contributed by atoms with Gasteiger partial charge < -0.3 is 9.64 Å². The number of pyridine rings is 1. The topological polar surface area (TPSA) is 25.4 Å². The van der Waals surface area contributed by atoms with Crippen LogP contribution in [-0.2, 0) is 4.74 Å². The van der Waals surface area contributed by atoms with E-state index in [2.05, 4.69) is 32.7 Å². The maximum Gasteiger partial charge on any atom is 0.0748 e. The molecule has 1 aromatic rings. The fourth-order valence-corrected chi connectivity index (χ4v) is 2.31. The lowest BCUT2D eigenvalue weighted by Crippen LogP contribution is -2.42. The first-order chi connectivity index (χ1) is 7.31. The van der Waals surface area contributed by atoms with Crippen LogP contribution in [0.4, 0.5) is 5.69 Å². The predicted molar refractivity (Wildman–Crippen MR) is 64.2 cm³/mol. The molecule has 3 nitrogen and oxygen atoms in total. The first-order valence-corrected chi connectivity index (χ1v) is 6.06. The van der Waals surface area contributed by atoms with E-state index in [4.69, 9.17) is 4.74 Å². The molecule has 1 aliphatic rings. The Morgan fingerprint density at radius 1 is 1.67 bits per heavy atom. The normalized spacial score (nSPS) is 21.7. The second-order valence-electron chi connectivity index (χ2n) is 3.67. The van der Waals surface area contributed by atoms with Crippen LogP contribution in [0.5, 0.6) is 0 Å². The third kappa shape index (κ3) is 2.49. The highest BCUT2D eigenvalue weighted by atomic mass is 79.9. The van der Waals surface area contributed by atoms with Crippen molar-refractivity contribution in [3.05, 3.63) is 22.9 Å². The van der Waals surface area contributed by atoms with Crippen LogP contribution < -0.4 is 4.90 Å². The van der Waals surface area contributed by atoms with E-state index in [1.165, 1.54) is 5.69 Å². The second-order valence-corrected chi connectivity index (χ2v) is 4.53. The molecule has 1 unspecified atom stereocenters. The molecule has 2 rings (SSSR count). The minimum Gasteiger partial charge on any atom is -0.375 e. The van der Waals surface area contributed by atoms with Gasteiger partial charge in [-0.3, -0.25) is 4.98 Å². The molecule has 0 saturated carbocycles. The minimum atomic E-state index is 0.360. The van der Waals surface area contributed by atoms with Gasteiger partial charge in [0.25, 0.3) is 0 Å². The summed E-state index contributed by atoms with van der Waals surface area (Å²) in [7, 11) is 0. The molecule has 0 bridgehead atoms. The molecule has 2 heterocycles. The van der Waals surface area contributed by atoms with E-state index in [9.17, 15) is 0 Å². The van der Waals surface area contributed by atoms with Gasteiger partial charge in [0.2, 0.25) is 0 Å². The number of hydrogen-bond acceptors (Lipinski definition) is 3. The van der Waals surface area contributed by atoms with Crippen molar-refractivity contribution in [2.24, 2.45) is 0 Å². The van der Waals surface area contributed by atoms with Gasteiger partial charge in [0.1, 0.15) is 0 Å². The highest BCUT2D eigenvalue weighted by Crippen LogP contribution is 2.26. The Morgan fingerprint density at radius 3 is 3.27 bits per heavy atom. The van der Waals surface area contributed by atoms with E-state index in [0.29, 0.717) is 6.10 Å². The summed E-state index contributed by atoms with van der Waals surface area (Å²) < 4.78 is 6.70. The summed E-state index contributed by atoms with van der Waals surface area (Å²) in [5, 5.41) is 0. The molecule has 82 valence electrons. The molecule has 0 aromatic carbocycles. The van der Waals surface area contributed by atoms with Crippen LogP contribution in [-0.4, -0.2) is 30.8 Å². The Hall–Kier alpha value is -0.610. The third-order valence-electron chi connectivity index (χ3n) is 2.69. The fraction of sp³-hybridized carbons (Fsp3) is 0.545. The lowest BCUT2D eigenvalue weighted by Gasteiger charge is -2.34. The summed E-state index contributed by atoms with van der Waals surface area (Å²) in [6.07, 6.45) is 5.10. The monoisotopic (exact) mass is 270 g/mol. The zero-order chi connectivity index (χ0) is 10.7. The summed E-state index contributed by atoms with van der Waals surface area (Å²) in [6.45, 7) is 4.90. The average Bonchev–Trinajstić information content (AvgIpc) is 2.30. The van der Waals surface area contributed by atoms with Crippen LogP contribution in [0.25, 0.3) is 0 Å². The molecule has 0 radical (unpaired) electrons. The Morgan fingerprint density at radius 2 is 2.53 bits per heavy atom. The molecule has 15 heavy (non-hydrogen) atoms. The van der Waals surface area contributed by atoms with E-state index in [-0.39, 0.29) is 0 Å². The predicted octanol–water partition coefficient (Wildman–Crippen LogP) is 2.46. The zero-order valence-electron chi connectivity index (χ0n) is 8.82. The average molecular weight is 271 g/mol. The molecule has 1 atom stereocenters. The fourth-order valence-electron chi connectivity index (χ4n) is 1.81. The van der Waals surface area contributed by atoms with E-state index in [1.54, 1.807) is 0 Å². The summed E-state index contributed by atoms with van der Waals surface area (Å²) >= 11 is 3.53. The largest absolute Gasteiger partial charge is 0.375 e. The smallest absolute Gasteiger partial charge is 0.0748 e. The number of aromatic nitrogens is 1. The van der Waals surface area contributed by atoms with Crippen molar-refractivity contribution >= 4 is 21.6 Å². The van der Waals surface area contributed by atoms with Crippen molar-refractivity contribution in [3.63, 3.8) is 0 Å². The van der Waals surface area contributed by atoms with Crippen LogP contribution in [0.15, 0.2) is 22.9 Å². The van der Waals surface area contributed by atoms with Crippen LogP contribution in [0.3, 0.4) is 0 Å². The maximum absolute atomic E-state index is 5.65. The Balaban J connectivity index is 2.13. The zero-order valence-corrected chi connectivity index (χ0v) is 10.4. The maximum atomic E-state index is 5.65. The molecule has 1 fully saturated rings. The lowest BCUT2D eigenvalue weighted by molar-refractivity contribution is 0.0384. The van der Waals surface area contributed by atoms with Crippen LogP contribution >= 0.6 is 15.9 Å². The van der Waals surface area contributed by atoms with Crippen LogP contribution in [0.2, 0.25) is 0 Å². The summed E-state index contributed by atoms with van der Waals surface area (Å²) in [5.74, 6) is 0. The molecule has 1 aliphatic heterocycles. The summed E-state index contributed by atoms with van der Waals surface area (Å²) in [5.41, 5.74) is 1.21. The third-order valence-corrected chi connectivity index (χ3v) is 3.30. The first kappa shape index (κ1) is 10.9. The van der Waals surface area contributed by atoms with Gasteiger partial charge in [0, 0.05) is 25.5 Å². The molecular formula is C11H15BrN2O. The number of morpholine rings is 1. The Kier molecular flexibility index (Phi) is 3.59. The highest BCUT2D eigenvalue weighted by molar-refractivity contribution is 9.10. The molecule has 4 heteroatoms. The Bertz CT molecular complexity index is 332. The number of halogens is 1. The van der Waals surface area contributed by atoms with E-state index in [1.807, 2.05) is 18.5 Å². The minimum absolute atomic E-state index is 0.360. The van der Waals surface area contributed by atoms with Crippen molar-refractivity contribution in [2.45, 2.75) is 19.4 Å². The van der Waals surface area contributed by atoms with Gasteiger partial charge in [-0.25, -0.2) is 0 Å². The highest BCUT2D eigenvalue weighted by Gasteiger charge is 2.20. The van der Waals surface area contributed by atoms with E-state index >= 15 is 0 Å². The van der Waals surface area contributed by atoms with Crippen molar-refractivity contribution in [2.75, 3.05) is 24.6 Å². The summed E-state index contributed by atoms with van der Waals surface area (Å²) in [4.78, 5) is 6.42. The SMILES string of the molecule is CCC1CN(c2ccncc2Br)CCO1. The van der Waals surface area contributed by atoms with Gasteiger partial charge in [0.15, 0.2) is 0 Å². The van der Waals surface area contributed by atoms with E-state index in [0.717, 1.165) is 30.6 Å². The van der Waals surface area contributed by atoms with Gasteiger partial charge >= 0.3 is 0 Å². The molecule has 0 spiro atoms. The van der Waals surface area contributed by atoms with Crippen LogP contribution in [0, 0.1) is 0 Å². The number of hydrogen-bond donors (Lipinski definition) is 0. The van der Waals surface area contributed by atoms with Gasteiger partial charge in [-0.1, -0.05) is 6.92 Å². The van der Waals surface area contributed by atoms with Crippen LogP contribution in [0.1, 0.15) is 13.3 Å². The number of anilines is 1. The molecule has 0 amide bonds. The van der Waals surface area contributed by atoms with Gasteiger partial charge in [-0.05, 0) is 28.4 Å². The molecular weight excluding hydrogens is 256 g/mol. The van der Waals surface area contributed by atoms with Crippen molar-refractivity contribution in [3.8, 4) is 0 Å². The second kappa shape index (κ2) is 4.94. The van der Waals surface area contributed by atoms with Crippen molar-refractivity contribution in [1.82, 2.24) is 4.98 Å². The molecule has 1 saturated heterocycles. The quantitative estimate of drug-likeness (QED) is 0.826. The standard InChI is InChI=1S/C11H15BrN2O/c1-2-9-8-14(5-6-15-9)11-3-4-13-7-10(11)12/h3-4,7,9H,2,5-6,8H2,1H3. The van der Waals surface area contributed by atoms with Gasteiger partial charge in [-0.15, -0.1) is 0 Å². The number of rotatable bonds is 2. The van der Waals surface area contributed by atoms with Crippen molar-refractivity contribution < 1.29 is 4.74 Å². The first-order valence-electron chi connectivity index (χ1n) is 5.27. The lowest BCUT2D eigenvalue weighted by atomic mass is 10.2. The van der Waals surface area contributed by atoms with Crippen molar-refractivity contribution in [1.29, 1.82) is 0 Å². The number of nitrogens with zero attached hydrogens (tertiary/aromatic N) is 2. The number of ether oxygens (including phenoxy) is 1. The molecule has 0 N–H and O–H groups in total. The van der Waals surface area contributed by atoms with E-state index < -0.39 is 0 Å².